The molecule has 1 saturated heterocycles. The summed E-state index contributed by atoms with van der Waals surface area (Å²) in [5.41, 5.74) is 1.25. The summed E-state index contributed by atoms with van der Waals surface area (Å²) in [4.78, 5) is 10.5. The summed E-state index contributed by atoms with van der Waals surface area (Å²) in [6, 6.07) is 5.30. The Morgan fingerprint density at radius 2 is 1.73 bits per heavy atom. The highest BCUT2D eigenvalue weighted by atomic mass is 19.1. The van der Waals surface area contributed by atoms with Gasteiger partial charge in [-0.2, -0.15) is 0 Å². The molecule has 116 valence electrons. The zero-order chi connectivity index (χ0) is 15.5. The average molecular weight is 305 g/mol. The highest BCUT2D eigenvalue weighted by molar-refractivity contribution is 5.40. The summed E-state index contributed by atoms with van der Waals surface area (Å²) in [5.74, 6) is -0.391. The lowest BCUT2D eigenvalue weighted by Gasteiger charge is -2.30. The van der Waals surface area contributed by atoms with Crippen LogP contribution in [0.2, 0.25) is 0 Å². The number of benzene rings is 1. The first kappa shape index (κ1) is 14.8. The third kappa shape index (κ3) is 3.57. The molecule has 2 aromatic rings. The number of rotatable bonds is 3. The molecule has 0 bridgehead atoms. The van der Waals surface area contributed by atoms with Gasteiger partial charge in [-0.25, -0.2) is 18.7 Å². The second-order valence-electron chi connectivity index (χ2n) is 5.54. The van der Waals surface area contributed by atoms with E-state index in [0.717, 1.165) is 25.0 Å². The maximum absolute atomic E-state index is 13.2. The van der Waals surface area contributed by atoms with Crippen molar-refractivity contribution in [3.8, 4) is 0 Å². The van der Waals surface area contributed by atoms with E-state index in [1.807, 2.05) is 6.07 Å². The molecule has 0 spiro atoms. The fourth-order valence-electron chi connectivity index (χ4n) is 2.67. The van der Waals surface area contributed by atoms with E-state index in [-0.39, 0.29) is 6.10 Å². The number of aliphatic hydroxyl groups is 1. The molecule has 2 heterocycles. The van der Waals surface area contributed by atoms with Crippen molar-refractivity contribution in [1.82, 2.24) is 9.97 Å². The van der Waals surface area contributed by atoms with Crippen molar-refractivity contribution in [1.29, 1.82) is 0 Å². The molecule has 1 aliphatic rings. The number of piperidine rings is 1. The predicted molar refractivity (Wildman–Crippen MR) is 78.6 cm³/mol. The number of aromatic nitrogens is 2. The Morgan fingerprint density at radius 3 is 2.41 bits per heavy atom. The molecule has 6 heteroatoms. The zero-order valence-corrected chi connectivity index (χ0v) is 12.0. The monoisotopic (exact) mass is 305 g/mol. The summed E-state index contributed by atoms with van der Waals surface area (Å²) < 4.78 is 26.5. The first-order valence-electron chi connectivity index (χ1n) is 7.29. The molecular weight excluding hydrogens is 288 g/mol. The minimum Gasteiger partial charge on any atom is -0.393 e. The lowest BCUT2D eigenvalue weighted by Crippen LogP contribution is -2.36. The highest BCUT2D eigenvalue weighted by Gasteiger charge is 2.18. The van der Waals surface area contributed by atoms with E-state index in [4.69, 9.17) is 0 Å². The molecular formula is C16H17F2N3O. The van der Waals surface area contributed by atoms with Crippen molar-refractivity contribution in [2.24, 2.45) is 0 Å². The molecule has 4 nitrogen and oxygen atoms in total. The second kappa shape index (κ2) is 6.36. The van der Waals surface area contributed by atoms with Crippen molar-refractivity contribution in [2.75, 3.05) is 18.0 Å². The third-order valence-electron chi connectivity index (χ3n) is 3.81. The summed E-state index contributed by atoms with van der Waals surface area (Å²) >= 11 is 0. The molecule has 1 aromatic carbocycles. The van der Waals surface area contributed by atoms with Gasteiger partial charge in [-0.05, 0) is 30.5 Å². The van der Waals surface area contributed by atoms with Crippen LogP contribution in [0.5, 0.6) is 0 Å². The Morgan fingerprint density at radius 1 is 1.05 bits per heavy atom. The van der Waals surface area contributed by atoms with E-state index in [9.17, 15) is 13.9 Å². The Labute approximate surface area is 127 Å². The second-order valence-corrected chi connectivity index (χ2v) is 5.54. The van der Waals surface area contributed by atoms with Gasteiger partial charge in [-0.15, -0.1) is 0 Å². The molecule has 22 heavy (non-hydrogen) atoms. The maximum atomic E-state index is 13.2. The van der Waals surface area contributed by atoms with Crippen molar-refractivity contribution in [3.05, 3.63) is 53.5 Å². The van der Waals surface area contributed by atoms with Gasteiger partial charge in [0.25, 0.3) is 0 Å². The van der Waals surface area contributed by atoms with Gasteiger partial charge in [-0.3, -0.25) is 0 Å². The lowest BCUT2D eigenvalue weighted by atomic mass is 10.1. The first-order chi connectivity index (χ1) is 10.6. The van der Waals surface area contributed by atoms with Crippen LogP contribution in [0, 0.1) is 11.6 Å². The summed E-state index contributed by atoms with van der Waals surface area (Å²) in [7, 11) is 0. The highest BCUT2D eigenvalue weighted by Crippen LogP contribution is 2.19. The van der Waals surface area contributed by atoms with Gasteiger partial charge >= 0.3 is 0 Å². The van der Waals surface area contributed by atoms with E-state index in [1.165, 1.54) is 18.5 Å². The minimum absolute atomic E-state index is 0.243. The van der Waals surface area contributed by atoms with Gasteiger partial charge in [0, 0.05) is 31.6 Å². The molecule has 1 fully saturated rings. The normalized spacial score (nSPS) is 16.0. The number of hydrogen-bond donors (Lipinski definition) is 1. The molecule has 0 radical (unpaired) electrons. The lowest BCUT2D eigenvalue weighted by molar-refractivity contribution is 0.145. The minimum atomic E-state index is -0.589. The van der Waals surface area contributed by atoms with Crippen molar-refractivity contribution in [3.63, 3.8) is 0 Å². The SMILES string of the molecule is OC1CCN(c2cc(Cc3cc(F)cc(F)c3)ncn2)CC1. The van der Waals surface area contributed by atoms with Crippen LogP contribution in [0.25, 0.3) is 0 Å². The molecule has 1 N–H and O–H groups in total. The molecule has 0 unspecified atom stereocenters. The fourth-order valence-corrected chi connectivity index (χ4v) is 2.67. The first-order valence-corrected chi connectivity index (χ1v) is 7.29. The summed E-state index contributed by atoms with van der Waals surface area (Å²) in [5, 5.41) is 9.54. The Bertz CT molecular complexity index is 637. The van der Waals surface area contributed by atoms with E-state index in [2.05, 4.69) is 14.9 Å². The predicted octanol–water partition coefficient (Wildman–Crippen LogP) is 2.31. The zero-order valence-electron chi connectivity index (χ0n) is 12.0. The molecule has 1 aromatic heterocycles. The van der Waals surface area contributed by atoms with E-state index in [0.29, 0.717) is 30.5 Å². The quantitative estimate of drug-likeness (QED) is 0.945. The van der Waals surface area contributed by atoms with E-state index in [1.54, 1.807) is 0 Å². The van der Waals surface area contributed by atoms with Crippen molar-refractivity contribution < 1.29 is 13.9 Å². The van der Waals surface area contributed by atoms with Crippen LogP contribution in [-0.2, 0) is 6.42 Å². The Hall–Kier alpha value is -2.08. The van der Waals surface area contributed by atoms with Crippen LogP contribution in [0.15, 0.2) is 30.6 Å². The summed E-state index contributed by atoms with van der Waals surface area (Å²) in [6.45, 7) is 1.48. The van der Waals surface area contributed by atoms with Crippen LogP contribution >= 0.6 is 0 Å². The standard InChI is InChI=1S/C16H17F2N3O/c17-12-5-11(6-13(18)8-12)7-14-9-16(20-10-19-14)21-3-1-15(22)2-4-21/h5-6,8-10,15,22H,1-4,7H2. The van der Waals surface area contributed by atoms with E-state index < -0.39 is 11.6 Å². The Kier molecular flexibility index (Phi) is 4.29. The summed E-state index contributed by atoms with van der Waals surface area (Å²) in [6.07, 6.45) is 3.00. The van der Waals surface area contributed by atoms with E-state index >= 15 is 0 Å². The van der Waals surface area contributed by atoms with Gasteiger partial charge in [0.15, 0.2) is 0 Å². The third-order valence-corrected chi connectivity index (χ3v) is 3.81. The van der Waals surface area contributed by atoms with Crippen LogP contribution in [0.1, 0.15) is 24.1 Å². The van der Waals surface area contributed by atoms with Gasteiger partial charge in [-0.1, -0.05) is 0 Å². The van der Waals surface area contributed by atoms with Crippen molar-refractivity contribution >= 4 is 5.82 Å². The maximum Gasteiger partial charge on any atom is 0.132 e. The number of aliphatic hydroxyl groups excluding tert-OH is 1. The van der Waals surface area contributed by atoms with Crippen LogP contribution < -0.4 is 4.90 Å². The van der Waals surface area contributed by atoms with Crippen LogP contribution in [0.3, 0.4) is 0 Å². The van der Waals surface area contributed by atoms with Crippen molar-refractivity contribution in [2.45, 2.75) is 25.4 Å². The number of halogens is 2. The topological polar surface area (TPSA) is 49.2 Å². The average Bonchev–Trinajstić information content (AvgIpc) is 2.47. The molecule has 0 saturated carbocycles. The molecule has 3 rings (SSSR count). The molecule has 0 atom stereocenters. The van der Waals surface area contributed by atoms with Crippen LogP contribution in [-0.4, -0.2) is 34.3 Å². The number of nitrogens with zero attached hydrogens (tertiary/aromatic N) is 3. The largest absolute Gasteiger partial charge is 0.393 e. The molecule has 1 aliphatic heterocycles. The van der Waals surface area contributed by atoms with Gasteiger partial charge < -0.3 is 10.0 Å². The van der Waals surface area contributed by atoms with Gasteiger partial charge in [0.2, 0.25) is 0 Å². The fraction of sp³-hybridized carbons (Fsp3) is 0.375. The molecule has 0 aliphatic carbocycles. The molecule has 0 amide bonds. The number of hydrogen-bond acceptors (Lipinski definition) is 4. The van der Waals surface area contributed by atoms with Gasteiger partial charge in [0.1, 0.15) is 23.8 Å². The van der Waals surface area contributed by atoms with Gasteiger partial charge in [0.05, 0.1) is 11.8 Å². The Balaban J connectivity index is 1.76. The number of anilines is 1. The van der Waals surface area contributed by atoms with Crippen LogP contribution in [0.4, 0.5) is 14.6 Å². The smallest absolute Gasteiger partial charge is 0.132 e.